The van der Waals surface area contributed by atoms with Crippen molar-refractivity contribution in [2.24, 2.45) is 11.8 Å². The van der Waals surface area contributed by atoms with Crippen molar-refractivity contribution in [3.05, 3.63) is 196 Å². The number of para-hydroxylation sites is 1. The molecule has 7 unspecified atom stereocenters. The molecular weight excluding hydrogens is 759 g/mol. The second-order valence-corrected chi connectivity index (χ2v) is 18.4. The van der Waals surface area contributed by atoms with E-state index in [9.17, 15) is 0 Å². The predicted octanol–water partition coefficient (Wildman–Crippen LogP) is 11.5. The lowest BCUT2D eigenvalue weighted by molar-refractivity contribution is 0.163. The van der Waals surface area contributed by atoms with Crippen molar-refractivity contribution in [3.8, 4) is 0 Å². The minimum Gasteiger partial charge on any atom is -0.489 e. The minimum atomic E-state index is -0.0575. The van der Waals surface area contributed by atoms with Crippen molar-refractivity contribution in [2.45, 2.75) is 94.7 Å². The molecule has 4 N–H and O–H groups in total. The molecule has 5 aliphatic carbocycles. The summed E-state index contributed by atoms with van der Waals surface area (Å²) in [6.45, 7) is 0.927. The molecule has 0 saturated carbocycles. The second-order valence-electron chi connectivity index (χ2n) is 18.4. The van der Waals surface area contributed by atoms with Crippen LogP contribution in [-0.4, -0.2) is 29.5 Å². The Balaban J connectivity index is 1.01. The highest BCUT2D eigenvalue weighted by atomic mass is 16.5. The molecule has 62 heavy (non-hydrogen) atoms. The van der Waals surface area contributed by atoms with Crippen LogP contribution in [0.25, 0.3) is 28.2 Å². The average Bonchev–Trinajstić information content (AvgIpc) is 3.91. The SMILES string of the molecule is C1=CCCC(n2c3c(c4ccccc42)C=CC2OC4=C(C(C5=C(C6NC(c7ccccc7)NC(C7C=CC=CC7)N6)CC(C6=C(c7ccccc7)CCCC6)CN5)=CCC4)C32)=C1. The number of rotatable bonds is 7. The summed E-state index contributed by atoms with van der Waals surface area (Å²) in [6, 6.07) is 31.3. The van der Waals surface area contributed by atoms with Gasteiger partial charge in [0.25, 0.3) is 0 Å². The van der Waals surface area contributed by atoms with Gasteiger partial charge >= 0.3 is 0 Å². The normalized spacial score (nSPS) is 29.2. The molecule has 8 aliphatic rings. The maximum Gasteiger partial charge on any atom is 0.129 e. The van der Waals surface area contributed by atoms with Crippen LogP contribution in [0.15, 0.2) is 173 Å². The van der Waals surface area contributed by atoms with Crippen molar-refractivity contribution in [3.63, 3.8) is 0 Å². The molecule has 7 atom stereocenters. The molecule has 6 heteroatoms. The Hall–Kier alpha value is -5.66. The van der Waals surface area contributed by atoms with Crippen LogP contribution in [-0.2, 0) is 4.74 Å². The molecule has 1 saturated heterocycles. The van der Waals surface area contributed by atoms with E-state index in [0.29, 0.717) is 11.8 Å². The van der Waals surface area contributed by atoms with E-state index in [1.807, 2.05) is 0 Å². The summed E-state index contributed by atoms with van der Waals surface area (Å²) in [5, 5.41) is 18.0. The van der Waals surface area contributed by atoms with Gasteiger partial charge in [0.15, 0.2) is 0 Å². The number of hydrogen-bond donors (Lipinski definition) is 4. The number of benzene rings is 3. The van der Waals surface area contributed by atoms with Crippen molar-refractivity contribution in [1.82, 2.24) is 25.8 Å². The lowest BCUT2D eigenvalue weighted by Gasteiger charge is -2.45. The van der Waals surface area contributed by atoms with Crippen LogP contribution >= 0.6 is 0 Å². The zero-order valence-electron chi connectivity index (χ0n) is 35.5. The highest BCUT2D eigenvalue weighted by molar-refractivity contribution is 5.95. The van der Waals surface area contributed by atoms with E-state index in [4.69, 9.17) is 4.74 Å². The minimum absolute atomic E-state index is 0.0106. The molecule has 3 aliphatic heterocycles. The van der Waals surface area contributed by atoms with E-state index in [0.717, 1.165) is 51.5 Å². The topological polar surface area (TPSA) is 62.3 Å². The Morgan fingerprint density at radius 3 is 2.40 bits per heavy atom. The van der Waals surface area contributed by atoms with Gasteiger partial charge in [-0.05, 0) is 98.3 Å². The number of aromatic nitrogens is 1. The molecule has 4 aromatic rings. The lowest BCUT2D eigenvalue weighted by Crippen LogP contribution is -2.66. The first-order chi connectivity index (χ1) is 30.8. The summed E-state index contributed by atoms with van der Waals surface area (Å²) >= 11 is 0. The molecule has 3 aromatic carbocycles. The predicted molar refractivity (Wildman–Crippen MR) is 253 cm³/mol. The van der Waals surface area contributed by atoms with Crippen LogP contribution in [0.1, 0.15) is 98.7 Å². The fraction of sp³-hybridized carbons (Fsp3) is 0.321. The summed E-state index contributed by atoms with van der Waals surface area (Å²) in [5.74, 6) is 2.00. The van der Waals surface area contributed by atoms with Crippen LogP contribution in [0.3, 0.4) is 0 Å². The number of nitrogens with zero attached hydrogens (tertiary/aromatic N) is 1. The van der Waals surface area contributed by atoms with Crippen LogP contribution in [0.2, 0.25) is 0 Å². The molecule has 0 bridgehead atoms. The molecule has 0 spiro atoms. The molecule has 1 fully saturated rings. The van der Waals surface area contributed by atoms with E-state index in [1.54, 1.807) is 11.1 Å². The van der Waals surface area contributed by atoms with Crippen molar-refractivity contribution in [2.75, 3.05) is 6.54 Å². The van der Waals surface area contributed by atoms with Crippen molar-refractivity contribution < 1.29 is 4.74 Å². The number of ether oxygens (including phenoxy) is 1. The first kappa shape index (κ1) is 38.0. The van der Waals surface area contributed by atoms with Gasteiger partial charge < -0.3 is 14.6 Å². The summed E-state index contributed by atoms with van der Waals surface area (Å²) < 4.78 is 9.72. The smallest absolute Gasteiger partial charge is 0.129 e. The molecule has 4 heterocycles. The second kappa shape index (κ2) is 16.2. The fourth-order valence-corrected chi connectivity index (χ4v) is 12.0. The van der Waals surface area contributed by atoms with Crippen LogP contribution in [0.5, 0.6) is 0 Å². The summed E-state index contributed by atoms with van der Waals surface area (Å²) in [5.41, 5.74) is 16.7. The van der Waals surface area contributed by atoms with E-state index in [1.165, 1.54) is 86.4 Å². The third-order valence-electron chi connectivity index (χ3n) is 14.9. The lowest BCUT2D eigenvalue weighted by atomic mass is 9.74. The molecule has 0 radical (unpaired) electrons. The summed E-state index contributed by atoms with van der Waals surface area (Å²) in [6.07, 6.45) is 34.1. The summed E-state index contributed by atoms with van der Waals surface area (Å²) in [4.78, 5) is 0. The average molecular weight is 816 g/mol. The number of fused-ring (bicyclic) bond motifs is 6. The molecule has 0 amide bonds. The van der Waals surface area contributed by atoms with E-state index in [2.05, 4.69) is 172 Å². The molecule has 12 rings (SSSR count). The van der Waals surface area contributed by atoms with Gasteiger partial charge in [0.2, 0.25) is 0 Å². The van der Waals surface area contributed by atoms with E-state index in [-0.39, 0.29) is 30.5 Å². The van der Waals surface area contributed by atoms with Gasteiger partial charge in [-0.25, -0.2) is 0 Å². The van der Waals surface area contributed by atoms with Gasteiger partial charge in [0.1, 0.15) is 11.9 Å². The molecule has 312 valence electrons. The van der Waals surface area contributed by atoms with Crippen molar-refractivity contribution >= 4 is 28.2 Å². The number of hydrogen-bond acceptors (Lipinski definition) is 5. The van der Waals surface area contributed by atoms with Crippen LogP contribution in [0.4, 0.5) is 0 Å². The van der Waals surface area contributed by atoms with Gasteiger partial charge in [-0.3, -0.25) is 16.0 Å². The monoisotopic (exact) mass is 815 g/mol. The first-order valence-corrected chi connectivity index (χ1v) is 23.5. The zero-order valence-corrected chi connectivity index (χ0v) is 35.5. The molecule has 1 aromatic heterocycles. The van der Waals surface area contributed by atoms with Crippen molar-refractivity contribution in [1.29, 1.82) is 0 Å². The fourth-order valence-electron chi connectivity index (χ4n) is 12.0. The van der Waals surface area contributed by atoms with E-state index < -0.39 is 0 Å². The standard InChI is InChI=1S/C56H57N5O/c1-5-18-36(19-6-1)41-26-13-14-27-42(41)39-34-46(56-59-54(37-20-7-2-8-21-37)58-55(60-56)38-22-9-3-10-23-38)52(57-35-39)45-29-17-31-48-50(45)51-49(62-48)33-32-44-43-28-15-16-30-47(43)61(53(44)51)40-24-11-4-12-25-40/h1-11,15-16,18-22,24,28-30,32-33,38-39,49,51,54-60H,12-14,17,23,25-27,31,34-35H2. The highest BCUT2D eigenvalue weighted by Crippen LogP contribution is 2.54. The Labute approximate surface area is 366 Å². The van der Waals surface area contributed by atoms with Gasteiger partial charge in [-0.15, -0.1) is 0 Å². The molecular formula is C56H57N5O. The Morgan fingerprint density at radius 2 is 1.55 bits per heavy atom. The third-order valence-corrected chi connectivity index (χ3v) is 14.9. The zero-order chi connectivity index (χ0) is 41.0. The maximum absolute atomic E-state index is 7.11. The largest absolute Gasteiger partial charge is 0.489 e. The van der Waals surface area contributed by atoms with Crippen LogP contribution in [0, 0.1) is 11.8 Å². The Kier molecular flexibility index (Phi) is 9.96. The van der Waals surface area contributed by atoms with E-state index >= 15 is 0 Å². The quantitative estimate of drug-likeness (QED) is 0.150. The number of nitrogens with one attached hydrogen (secondary N) is 4. The maximum atomic E-state index is 7.11. The highest BCUT2D eigenvalue weighted by Gasteiger charge is 2.47. The first-order valence-electron chi connectivity index (χ1n) is 23.5. The van der Waals surface area contributed by atoms with Gasteiger partial charge in [0, 0.05) is 64.0 Å². The summed E-state index contributed by atoms with van der Waals surface area (Å²) in [7, 11) is 0. The third kappa shape index (κ3) is 6.66. The Bertz CT molecular complexity index is 2680. The van der Waals surface area contributed by atoms with Gasteiger partial charge in [-0.2, -0.15) is 0 Å². The number of allylic oxidation sites excluding steroid dienone is 11. The van der Waals surface area contributed by atoms with Gasteiger partial charge in [-0.1, -0.05) is 133 Å². The Morgan fingerprint density at radius 1 is 0.710 bits per heavy atom. The molecule has 6 nitrogen and oxygen atoms in total. The van der Waals surface area contributed by atoms with Crippen LogP contribution < -0.4 is 21.3 Å². The van der Waals surface area contributed by atoms with Gasteiger partial charge in [0.05, 0.1) is 29.9 Å².